The van der Waals surface area contributed by atoms with Crippen molar-refractivity contribution in [2.24, 2.45) is 0 Å². The zero-order chi connectivity index (χ0) is 13.5. The average Bonchev–Trinajstić information content (AvgIpc) is 2.47. The fraction of sp³-hybridized carbons (Fsp3) is 0.188. The van der Waals surface area contributed by atoms with Crippen LogP contribution in [-0.4, -0.2) is 12.3 Å². The summed E-state index contributed by atoms with van der Waals surface area (Å²) in [4.78, 5) is 12.3. The van der Waals surface area contributed by atoms with E-state index in [-0.39, 0.29) is 5.71 Å². The van der Waals surface area contributed by atoms with E-state index >= 15 is 0 Å². The summed E-state index contributed by atoms with van der Waals surface area (Å²) in [5.41, 5.74) is -0.116. The van der Waals surface area contributed by atoms with E-state index in [0.717, 1.165) is 17.0 Å². The van der Waals surface area contributed by atoms with Crippen LogP contribution in [0.2, 0.25) is 0 Å². The number of benzene rings is 2. The van der Waals surface area contributed by atoms with Gasteiger partial charge in [-0.1, -0.05) is 67.6 Å². The third-order valence-electron chi connectivity index (χ3n) is 2.64. The number of hydrogen-bond donors (Lipinski definition) is 0. The van der Waals surface area contributed by atoms with Crippen LogP contribution in [0.1, 0.15) is 13.3 Å². The third-order valence-corrected chi connectivity index (χ3v) is 4.76. The lowest BCUT2D eigenvalue weighted by Crippen LogP contribution is -2.19. The molecule has 0 N–H and O–H groups in total. The molecule has 0 saturated heterocycles. The van der Waals surface area contributed by atoms with E-state index in [4.69, 9.17) is 4.74 Å². The number of carbonyl (C=O) groups is 1. The van der Waals surface area contributed by atoms with Gasteiger partial charge >= 0.3 is 5.71 Å². The summed E-state index contributed by atoms with van der Waals surface area (Å²) in [6.07, 6.45) is 0.846. The molecule has 0 aliphatic heterocycles. The van der Waals surface area contributed by atoms with E-state index in [9.17, 15) is 4.79 Å². The lowest BCUT2D eigenvalue weighted by atomic mass is 10.4. The highest BCUT2D eigenvalue weighted by Crippen LogP contribution is 2.35. The first-order chi connectivity index (χ1) is 9.33. The van der Waals surface area contributed by atoms with Crippen molar-refractivity contribution in [3.05, 3.63) is 60.7 Å². The predicted octanol–water partition coefficient (Wildman–Crippen LogP) is 3.67. The molecule has 2 aromatic rings. The van der Waals surface area contributed by atoms with E-state index in [0.29, 0.717) is 6.61 Å². The summed E-state index contributed by atoms with van der Waals surface area (Å²) in [6.45, 7) is 2.48. The lowest BCUT2D eigenvalue weighted by molar-refractivity contribution is 0.174. The summed E-state index contributed by atoms with van der Waals surface area (Å²) in [7, 11) is -1.08. The number of rotatable bonds is 5. The molecular formula is C16H17O2P. The second kappa shape index (κ2) is 7.06. The Morgan fingerprint density at radius 3 is 1.84 bits per heavy atom. The van der Waals surface area contributed by atoms with Crippen molar-refractivity contribution in [2.75, 3.05) is 6.61 Å². The highest BCUT2D eigenvalue weighted by molar-refractivity contribution is 7.87. The van der Waals surface area contributed by atoms with E-state index in [1.807, 2.05) is 67.6 Å². The maximum atomic E-state index is 12.3. The number of ether oxygens (including phenoxy) is 1. The Labute approximate surface area is 115 Å². The van der Waals surface area contributed by atoms with E-state index in [2.05, 4.69) is 0 Å². The van der Waals surface area contributed by atoms with Gasteiger partial charge in [-0.05, 0) is 17.0 Å². The van der Waals surface area contributed by atoms with Crippen LogP contribution < -0.4 is 10.6 Å². The zero-order valence-corrected chi connectivity index (χ0v) is 11.8. The molecule has 0 heterocycles. The van der Waals surface area contributed by atoms with Gasteiger partial charge in [-0.15, -0.1) is 0 Å². The van der Waals surface area contributed by atoms with Gasteiger partial charge in [0.25, 0.3) is 0 Å². The van der Waals surface area contributed by atoms with Crippen molar-refractivity contribution >= 4 is 24.2 Å². The Kier molecular flexibility index (Phi) is 5.11. The molecule has 0 aromatic heterocycles. The molecule has 0 saturated carbocycles. The normalized spacial score (nSPS) is 10.4. The van der Waals surface area contributed by atoms with Crippen molar-refractivity contribution in [3.63, 3.8) is 0 Å². The number of carbonyl (C=O) groups excluding carboxylic acids is 1. The van der Waals surface area contributed by atoms with E-state index < -0.39 is 7.92 Å². The smallest absolute Gasteiger partial charge is 0.335 e. The summed E-state index contributed by atoms with van der Waals surface area (Å²) in [5, 5.41) is 2.06. The SMILES string of the molecule is CCCOC(=O)P(c1ccccc1)c1ccccc1. The molecule has 0 spiro atoms. The number of hydrogen-bond acceptors (Lipinski definition) is 2. The molecule has 0 atom stereocenters. The van der Waals surface area contributed by atoms with Crippen LogP contribution in [0.25, 0.3) is 0 Å². The third kappa shape index (κ3) is 3.65. The first kappa shape index (κ1) is 13.8. The van der Waals surface area contributed by atoms with Crippen LogP contribution in [-0.2, 0) is 4.74 Å². The summed E-state index contributed by atoms with van der Waals surface area (Å²) in [6, 6.07) is 19.7. The average molecular weight is 272 g/mol. The van der Waals surface area contributed by atoms with Crippen molar-refractivity contribution in [2.45, 2.75) is 13.3 Å². The molecule has 0 bridgehead atoms. The summed E-state index contributed by atoms with van der Waals surface area (Å²) >= 11 is 0. The van der Waals surface area contributed by atoms with Crippen molar-refractivity contribution < 1.29 is 9.53 Å². The Balaban J connectivity index is 2.31. The predicted molar refractivity (Wildman–Crippen MR) is 80.7 cm³/mol. The monoisotopic (exact) mass is 272 g/mol. The summed E-state index contributed by atoms with van der Waals surface area (Å²) in [5.74, 6) is 0. The molecule has 19 heavy (non-hydrogen) atoms. The van der Waals surface area contributed by atoms with Crippen LogP contribution in [0.3, 0.4) is 0 Å². The van der Waals surface area contributed by atoms with Gasteiger partial charge in [-0.3, -0.25) is 0 Å². The van der Waals surface area contributed by atoms with Crippen LogP contribution in [0.15, 0.2) is 60.7 Å². The van der Waals surface area contributed by atoms with Gasteiger partial charge in [-0.25, -0.2) is 4.79 Å². The van der Waals surface area contributed by atoms with Crippen LogP contribution in [0, 0.1) is 0 Å². The molecule has 2 aromatic carbocycles. The second-order valence-corrected chi connectivity index (χ2v) is 6.19. The van der Waals surface area contributed by atoms with Crippen molar-refractivity contribution in [1.82, 2.24) is 0 Å². The standard InChI is InChI=1S/C16H17O2P/c1-2-13-18-16(17)19(14-9-5-3-6-10-14)15-11-7-4-8-12-15/h3-12H,2,13H2,1H3. The molecule has 0 radical (unpaired) electrons. The van der Waals surface area contributed by atoms with Crippen LogP contribution in [0.5, 0.6) is 0 Å². The fourth-order valence-electron chi connectivity index (χ4n) is 1.77. The largest absolute Gasteiger partial charge is 0.462 e. The van der Waals surface area contributed by atoms with Crippen LogP contribution in [0.4, 0.5) is 4.79 Å². The summed E-state index contributed by atoms with van der Waals surface area (Å²) < 4.78 is 5.35. The Bertz CT molecular complexity index is 471. The fourth-order valence-corrected chi connectivity index (χ4v) is 3.65. The Hall–Kier alpha value is -1.66. The molecule has 2 nitrogen and oxygen atoms in total. The maximum Gasteiger partial charge on any atom is 0.335 e. The zero-order valence-electron chi connectivity index (χ0n) is 11.0. The maximum absolute atomic E-state index is 12.3. The Morgan fingerprint density at radius 1 is 0.947 bits per heavy atom. The molecule has 3 heteroatoms. The topological polar surface area (TPSA) is 26.3 Å². The molecule has 0 unspecified atom stereocenters. The molecular weight excluding hydrogens is 255 g/mol. The van der Waals surface area contributed by atoms with Gasteiger partial charge in [-0.2, -0.15) is 0 Å². The molecule has 0 fully saturated rings. The van der Waals surface area contributed by atoms with Crippen molar-refractivity contribution in [3.8, 4) is 0 Å². The van der Waals surface area contributed by atoms with Gasteiger partial charge in [0.15, 0.2) is 0 Å². The molecule has 98 valence electrons. The van der Waals surface area contributed by atoms with E-state index in [1.54, 1.807) is 0 Å². The first-order valence-corrected chi connectivity index (χ1v) is 7.74. The van der Waals surface area contributed by atoms with Gasteiger partial charge in [0, 0.05) is 0 Å². The second-order valence-electron chi connectivity index (χ2n) is 4.12. The molecule has 2 rings (SSSR count). The quantitative estimate of drug-likeness (QED) is 0.776. The lowest BCUT2D eigenvalue weighted by Gasteiger charge is -2.16. The molecule has 0 aliphatic carbocycles. The van der Waals surface area contributed by atoms with Crippen molar-refractivity contribution in [1.29, 1.82) is 0 Å². The minimum absolute atomic E-state index is 0.116. The Morgan fingerprint density at radius 2 is 1.42 bits per heavy atom. The van der Waals surface area contributed by atoms with Gasteiger partial charge in [0.2, 0.25) is 0 Å². The van der Waals surface area contributed by atoms with Gasteiger partial charge < -0.3 is 4.74 Å². The highest BCUT2D eigenvalue weighted by atomic mass is 31.1. The van der Waals surface area contributed by atoms with E-state index in [1.165, 1.54) is 0 Å². The highest BCUT2D eigenvalue weighted by Gasteiger charge is 2.23. The van der Waals surface area contributed by atoms with Gasteiger partial charge in [0.05, 0.1) is 14.5 Å². The van der Waals surface area contributed by atoms with Gasteiger partial charge in [0.1, 0.15) is 0 Å². The minimum Gasteiger partial charge on any atom is -0.462 e. The first-order valence-electron chi connectivity index (χ1n) is 6.40. The molecule has 0 aliphatic rings. The molecule has 0 amide bonds. The van der Waals surface area contributed by atoms with Crippen LogP contribution >= 0.6 is 7.92 Å². The minimum atomic E-state index is -1.08.